The van der Waals surface area contributed by atoms with Crippen molar-refractivity contribution < 1.29 is 23.1 Å². The van der Waals surface area contributed by atoms with Crippen molar-refractivity contribution in [3.05, 3.63) is 40.4 Å². The second kappa shape index (κ2) is 5.36. The van der Waals surface area contributed by atoms with E-state index in [1.807, 2.05) is 0 Å². The maximum atomic E-state index is 12.5. The van der Waals surface area contributed by atoms with Crippen LogP contribution < -0.4 is 0 Å². The van der Waals surface area contributed by atoms with Crippen LogP contribution in [0.1, 0.15) is 16.8 Å². The Morgan fingerprint density at radius 3 is 2.60 bits per heavy atom. The second-order valence-electron chi connectivity index (χ2n) is 4.39. The highest BCUT2D eigenvalue weighted by atomic mass is 35.5. The van der Waals surface area contributed by atoms with Crippen molar-refractivity contribution in [1.82, 2.24) is 4.90 Å². The number of benzene rings is 1. The molecule has 0 unspecified atom stereocenters. The monoisotopic (exact) mass is 305 g/mol. The summed E-state index contributed by atoms with van der Waals surface area (Å²) >= 11 is 5.74. The first-order chi connectivity index (χ1) is 9.29. The van der Waals surface area contributed by atoms with Gasteiger partial charge in [-0.15, -0.1) is 0 Å². The molecule has 1 aromatic carbocycles. The Morgan fingerprint density at radius 1 is 1.35 bits per heavy atom. The average molecular weight is 306 g/mol. The zero-order valence-corrected chi connectivity index (χ0v) is 11.0. The summed E-state index contributed by atoms with van der Waals surface area (Å²) in [5, 5.41) is 9.89. The van der Waals surface area contributed by atoms with E-state index in [-0.39, 0.29) is 35.8 Å². The molecule has 1 heterocycles. The predicted molar refractivity (Wildman–Crippen MR) is 67.8 cm³/mol. The molecule has 0 spiro atoms. The highest BCUT2D eigenvalue weighted by Gasteiger charge is 2.35. The van der Waals surface area contributed by atoms with Crippen molar-refractivity contribution in [3.8, 4) is 5.75 Å². The van der Waals surface area contributed by atoms with Gasteiger partial charge in [-0.05, 0) is 24.6 Å². The molecule has 1 aliphatic heterocycles. The van der Waals surface area contributed by atoms with E-state index in [1.165, 1.54) is 23.1 Å². The van der Waals surface area contributed by atoms with Crippen molar-refractivity contribution in [2.24, 2.45) is 0 Å². The number of hydrogen-bond donors (Lipinski definition) is 1. The Hall–Kier alpha value is -1.69. The van der Waals surface area contributed by atoms with Crippen LogP contribution in [0.4, 0.5) is 13.2 Å². The smallest absolute Gasteiger partial charge is 0.412 e. The number of carbonyl (C=O) groups excluding carboxylic acids is 1. The number of phenolic OH excluding ortho intramolecular Hbond substituents is 1. The first kappa shape index (κ1) is 14.7. The molecule has 0 saturated heterocycles. The van der Waals surface area contributed by atoms with Crippen LogP contribution >= 0.6 is 11.6 Å². The quantitative estimate of drug-likeness (QED) is 0.808. The number of halogens is 4. The Balaban J connectivity index is 2.17. The third-order valence-corrected chi connectivity index (χ3v) is 3.28. The molecule has 0 bridgehead atoms. The van der Waals surface area contributed by atoms with Crippen LogP contribution in [0.2, 0.25) is 5.02 Å². The van der Waals surface area contributed by atoms with Crippen molar-refractivity contribution in [3.63, 3.8) is 0 Å². The predicted octanol–water partition coefficient (Wildman–Crippen LogP) is 3.38. The van der Waals surface area contributed by atoms with Crippen molar-refractivity contribution in [2.45, 2.75) is 12.6 Å². The molecule has 1 N–H and O–H groups in total. The molecule has 0 aliphatic carbocycles. The molecule has 0 atom stereocenters. The average Bonchev–Trinajstić information content (AvgIpc) is 2.40. The number of phenols is 1. The van der Waals surface area contributed by atoms with Crippen LogP contribution in [0.15, 0.2) is 29.8 Å². The van der Waals surface area contributed by atoms with Gasteiger partial charge in [0.25, 0.3) is 5.91 Å². The van der Waals surface area contributed by atoms with Gasteiger partial charge < -0.3 is 10.0 Å². The standard InChI is InChI=1S/C13H11ClF3NO2/c14-9-1-2-11(19)10(7-9)12(20)18-5-3-8(4-6-18)13(15,16)17/h1-3,7,19H,4-6H2. The van der Waals surface area contributed by atoms with E-state index in [0.717, 1.165) is 6.08 Å². The Bertz CT molecular complexity index is 569. The zero-order valence-electron chi connectivity index (χ0n) is 10.2. The summed E-state index contributed by atoms with van der Waals surface area (Å²) in [6.07, 6.45) is -3.62. The highest BCUT2D eigenvalue weighted by molar-refractivity contribution is 6.31. The van der Waals surface area contributed by atoms with Gasteiger partial charge in [-0.1, -0.05) is 17.7 Å². The maximum absolute atomic E-state index is 12.5. The van der Waals surface area contributed by atoms with Crippen LogP contribution in [-0.4, -0.2) is 35.2 Å². The lowest BCUT2D eigenvalue weighted by molar-refractivity contribution is -0.0957. The molecule has 0 radical (unpaired) electrons. The van der Waals surface area contributed by atoms with Crippen LogP contribution in [0.5, 0.6) is 5.75 Å². The number of nitrogens with zero attached hydrogens (tertiary/aromatic N) is 1. The molecule has 108 valence electrons. The Labute approximate surface area is 118 Å². The van der Waals surface area contributed by atoms with Gasteiger partial charge in [-0.3, -0.25) is 4.79 Å². The lowest BCUT2D eigenvalue weighted by Crippen LogP contribution is -2.36. The molecule has 7 heteroatoms. The minimum absolute atomic E-state index is 0.0126. The van der Waals surface area contributed by atoms with Crippen molar-refractivity contribution in [1.29, 1.82) is 0 Å². The van der Waals surface area contributed by atoms with E-state index < -0.39 is 17.7 Å². The summed E-state index contributed by atoms with van der Waals surface area (Å²) in [6.45, 7) is -0.185. The van der Waals surface area contributed by atoms with Gasteiger partial charge in [0.1, 0.15) is 5.75 Å². The summed E-state index contributed by atoms with van der Waals surface area (Å²) in [6, 6.07) is 3.99. The summed E-state index contributed by atoms with van der Waals surface area (Å²) in [4.78, 5) is 13.4. The van der Waals surface area contributed by atoms with Crippen LogP contribution in [0, 0.1) is 0 Å². The van der Waals surface area contributed by atoms with Crippen LogP contribution in [0.25, 0.3) is 0 Å². The van der Waals surface area contributed by atoms with Gasteiger partial charge in [-0.2, -0.15) is 13.2 Å². The van der Waals surface area contributed by atoms with E-state index in [9.17, 15) is 23.1 Å². The third kappa shape index (κ3) is 3.07. The van der Waals surface area contributed by atoms with Crippen molar-refractivity contribution in [2.75, 3.05) is 13.1 Å². The van der Waals surface area contributed by atoms with Gasteiger partial charge in [0.2, 0.25) is 0 Å². The van der Waals surface area contributed by atoms with Crippen molar-refractivity contribution >= 4 is 17.5 Å². The van der Waals surface area contributed by atoms with Gasteiger partial charge in [0, 0.05) is 23.7 Å². The van der Waals surface area contributed by atoms with Gasteiger partial charge in [0.15, 0.2) is 0 Å². The molecule has 0 fully saturated rings. The number of rotatable bonds is 1. The molecule has 2 rings (SSSR count). The fourth-order valence-corrected chi connectivity index (χ4v) is 2.13. The van der Waals surface area contributed by atoms with E-state index in [4.69, 9.17) is 11.6 Å². The molecule has 0 saturated carbocycles. The fraction of sp³-hybridized carbons (Fsp3) is 0.308. The highest BCUT2D eigenvalue weighted by Crippen LogP contribution is 2.31. The minimum atomic E-state index is -4.35. The minimum Gasteiger partial charge on any atom is -0.507 e. The molecule has 20 heavy (non-hydrogen) atoms. The van der Waals surface area contributed by atoms with Gasteiger partial charge in [-0.25, -0.2) is 0 Å². The molecule has 1 aliphatic rings. The SMILES string of the molecule is O=C(c1cc(Cl)ccc1O)N1CC=C(C(F)(F)F)CC1. The van der Waals surface area contributed by atoms with E-state index in [2.05, 4.69) is 0 Å². The second-order valence-corrected chi connectivity index (χ2v) is 4.83. The number of hydrogen-bond acceptors (Lipinski definition) is 2. The number of alkyl halides is 3. The molecular formula is C13H11ClF3NO2. The third-order valence-electron chi connectivity index (χ3n) is 3.05. The summed E-state index contributed by atoms with van der Waals surface area (Å²) in [5.41, 5.74) is -0.641. The molecular weight excluding hydrogens is 295 g/mol. The molecule has 0 aromatic heterocycles. The van der Waals surface area contributed by atoms with E-state index in [1.54, 1.807) is 0 Å². The largest absolute Gasteiger partial charge is 0.507 e. The molecule has 1 aromatic rings. The zero-order chi connectivity index (χ0) is 14.9. The Morgan fingerprint density at radius 2 is 2.05 bits per heavy atom. The number of carbonyl (C=O) groups is 1. The van der Waals surface area contributed by atoms with Crippen LogP contribution in [-0.2, 0) is 0 Å². The van der Waals surface area contributed by atoms with E-state index >= 15 is 0 Å². The Kier molecular flexibility index (Phi) is 3.94. The lowest BCUT2D eigenvalue weighted by atomic mass is 10.1. The molecule has 1 amide bonds. The summed E-state index contributed by atoms with van der Waals surface area (Å²) in [5.74, 6) is -0.785. The lowest BCUT2D eigenvalue weighted by Gasteiger charge is -2.27. The molecule has 3 nitrogen and oxygen atoms in total. The normalized spacial score (nSPS) is 16.0. The first-order valence-electron chi connectivity index (χ1n) is 5.83. The summed E-state index contributed by atoms with van der Waals surface area (Å²) < 4.78 is 37.4. The van der Waals surface area contributed by atoms with Gasteiger partial charge >= 0.3 is 6.18 Å². The maximum Gasteiger partial charge on any atom is 0.412 e. The van der Waals surface area contributed by atoms with Gasteiger partial charge in [0.05, 0.1) is 5.56 Å². The topological polar surface area (TPSA) is 40.5 Å². The first-order valence-corrected chi connectivity index (χ1v) is 6.21. The number of amides is 1. The summed E-state index contributed by atoms with van der Waals surface area (Å²) in [7, 11) is 0. The number of aromatic hydroxyl groups is 1. The van der Waals surface area contributed by atoms with Crippen LogP contribution in [0.3, 0.4) is 0 Å². The van der Waals surface area contributed by atoms with E-state index in [0.29, 0.717) is 0 Å². The fourth-order valence-electron chi connectivity index (χ4n) is 1.96.